The molecule has 19 heavy (non-hydrogen) atoms. The molecule has 3 unspecified atom stereocenters. The van der Waals surface area contributed by atoms with Gasteiger partial charge in [-0.3, -0.25) is 9.59 Å². The topological polar surface area (TPSA) is 83.6 Å². The number of carboxylic acids is 1. The number of carbonyl (C=O) groups excluding carboxylic acids is 1. The second kappa shape index (κ2) is 5.90. The average Bonchev–Trinajstić information content (AvgIpc) is 2.32. The maximum absolute atomic E-state index is 12.5. The Labute approximate surface area is 115 Å². The van der Waals surface area contributed by atoms with Crippen LogP contribution in [-0.4, -0.2) is 41.5 Å². The molecule has 1 aliphatic carbocycles. The van der Waals surface area contributed by atoms with Crippen molar-refractivity contribution in [1.29, 1.82) is 0 Å². The summed E-state index contributed by atoms with van der Waals surface area (Å²) in [5, 5.41) is 8.68. The molecule has 3 N–H and O–H groups in total. The molecule has 1 aliphatic rings. The van der Waals surface area contributed by atoms with Gasteiger partial charge in [-0.15, -0.1) is 0 Å². The summed E-state index contributed by atoms with van der Waals surface area (Å²) < 4.78 is 0. The van der Waals surface area contributed by atoms with Gasteiger partial charge in [0.1, 0.15) is 0 Å². The molecule has 0 aromatic rings. The number of nitrogens with two attached hydrogens (primary N) is 1. The van der Waals surface area contributed by atoms with E-state index in [1.165, 1.54) is 0 Å². The maximum Gasteiger partial charge on any atom is 0.305 e. The van der Waals surface area contributed by atoms with Gasteiger partial charge in [0.15, 0.2) is 0 Å². The third-order valence-corrected chi connectivity index (χ3v) is 4.84. The zero-order valence-corrected chi connectivity index (χ0v) is 12.3. The predicted molar refractivity (Wildman–Crippen MR) is 73.5 cm³/mol. The fraction of sp³-hybridized carbons (Fsp3) is 0.857. The lowest BCUT2D eigenvalue weighted by Crippen LogP contribution is -2.52. The van der Waals surface area contributed by atoms with E-state index in [-0.39, 0.29) is 42.2 Å². The summed E-state index contributed by atoms with van der Waals surface area (Å²) in [4.78, 5) is 24.6. The number of rotatable bonds is 4. The van der Waals surface area contributed by atoms with Crippen LogP contribution in [0.5, 0.6) is 0 Å². The lowest BCUT2D eigenvalue weighted by Gasteiger charge is -2.47. The van der Waals surface area contributed by atoms with Gasteiger partial charge in [0.05, 0.1) is 6.42 Å². The zero-order valence-electron chi connectivity index (χ0n) is 12.3. The molecule has 1 fully saturated rings. The summed E-state index contributed by atoms with van der Waals surface area (Å²) in [7, 11) is 1.68. The molecule has 1 rings (SSSR count). The van der Waals surface area contributed by atoms with E-state index in [9.17, 15) is 9.59 Å². The minimum Gasteiger partial charge on any atom is -0.481 e. The molecule has 3 atom stereocenters. The minimum absolute atomic E-state index is 0.00947. The Bertz CT molecular complexity index is 355. The number of amides is 1. The van der Waals surface area contributed by atoms with Crippen LogP contribution in [0.25, 0.3) is 0 Å². The molecule has 0 saturated heterocycles. The molecular weight excluding hydrogens is 244 g/mol. The third-order valence-electron chi connectivity index (χ3n) is 4.84. The summed E-state index contributed by atoms with van der Waals surface area (Å²) in [5.41, 5.74) is 5.94. The molecule has 0 heterocycles. The molecule has 5 nitrogen and oxygen atoms in total. The molecule has 0 radical (unpaired) electrons. The molecule has 0 spiro atoms. The van der Waals surface area contributed by atoms with Gasteiger partial charge < -0.3 is 15.7 Å². The molecule has 5 heteroatoms. The monoisotopic (exact) mass is 270 g/mol. The summed E-state index contributed by atoms with van der Waals surface area (Å²) in [6.45, 7) is 6.54. The largest absolute Gasteiger partial charge is 0.481 e. The summed E-state index contributed by atoms with van der Waals surface area (Å²) in [5.74, 6) is -0.618. The number of hydrogen-bond donors (Lipinski definition) is 2. The van der Waals surface area contributed by atoms with Crippen LogP contribution in [0.15, 0.2) is 0 Å². The Balaban J connectivity index is 2.73. The molecule has 110 valence electrons. The highest BCUT2D eigenvalue weighted by atomic mass is 16.4. The van der Waals surface area contributed by atoms with Crippen LogP contribution < -0.4 is 5.73 Å². The van der Waals surface area contributed by atoms with Crippen LogP contribution >= 0.6 is 0 Å². The normalized spacial score (nSPS) is 29.8. The maximum atomic E-state index is 12.5. The van der Waals surface area contributed by atoms with Gasteiger partial charge in [0, 0.05) is 25.6 Å². The van der Waals surface area contributed by atoms with Crippen molar-refractivity contribution in [3.63, 3.8) is 0 Å². The number of aliphatic carboxylic acids is 1. The number of hydrogen-bond acceptors (Lipinski definition) is 3. The van der Waals surface area contributed by atoms with E-state index in [0.29, 0.717) is 0 Å². The average molecular weight is 270 g/mol. The van der Waals surface area contributed by atoms with Crippen molar-refractivity contribution in [3.8, 4) is 0 Å². The van der Waals surface area contributed by atoms with Gasteiger partial charge in [-0.2, -0.15) is 0 Å². The smallest absolute Gasteiger partial charge is 0.305 e. The highest BCUT2D eigenvalue weighted by Crippen LogP contribution is 2.44. The van der Waals surface area contributed by atoms with Crippen molar-refractivity contribution in [3.05, 3.63) is 0 Å². The van der Waals surface area contributed by atoms with Crippen molar-refractivity contribution < 1.29 is 14.7 Å². The summed E-state index contributed by atoms with van der Waals surface area (Å²) in [6, 6.07) is 0.142. The van der Waals surface area contributed by atoms with E-state index < -0.39 is 5.97 Å². The van der Waals surface area contributed by atoms with E-state index in [0.717, 1.165) is 12.8 Å². The Kier molecular flexibility index (Phi) is 4.96. The highest BCUT2D eigenvalue weighted by molar-refractivity contribution is 5.80. The lowest BCUT2D eigenvalue weighted by molar-refractivity contribution is -0.143. The quantitative estimate of drug-likeness (QED) is 0.807. The Morgan fingerprint density at radius 3 is 2.47 bits per heavy atom. The van der Waals surface area contributed by atoms with Crippen molar-refractivity contribution in [1.82, 2.24) is 4.90 Å². The fourth-order valence-corrected chi connectivity index (χ4v) is 2.93. The molecule has 0 aromatic heterocycles. The van der Waals surface area contributed by atoms with Crippen LogP contribution in [0.3, 0.4) is 0 Å². The van der Waals surface area contributed by atoms with E-state index in [1.807, 2.05) is 0 Å². The Hall–Kier alpha value is -1.10. The van der Waals surface area contributed by atoms with E-state index in [1.54, 1.807) is 11.9 Å². The van der Waals surface area contributed by atoms with E-state index in [2.05, 4.69) is 20.8 Å². The van der Waals surface area contributed by atoms with Crippen LogP contribution in [0, 0.1) is 17.3 Å². The molecule has 0 aromatic carbocycles. The SMILES string of the molecule is CC1C(N)CCC(C(=O)N(C)CCC(=O)O)C1(C)C. The zero-order chi connectivity index (χ0) is 14.8. The first-order valence-corrected chi connectivity index (χ1v) is 6.90. The number of nitrogens with zero attached hydrogens (tertiary/aromatic N) is 1. The second-order valence-corrected chi connectivity index (χ2v) is 6.31. The van der Waals surface area contributed by atoms with Crippen LogP contribution in [-0.2, 0) is 9.59 Å². The van der Waals surface area contributed by atoms with Gasteiger partial charge in [-0.05, 0) is 24.2 Å². The van der Waals surface area contributed by atoms with E-state index >= 15 is 0 Å². The van der Waals surface area contributed by atoms with Crippen molar-refractivity contribution in [2.45, 2.75) is 46.1 Å². The Morgan fingerprint density at radius 2 is 1.95 bits per heavy atom. The van der Waals surface area contributed by atoms with E-state index in [4.69, 9.17) is 10.8 Å². The third kappa shape index (κ3) is 3.47. The van der Waals surface area contributed by atoms with Crippen molar-refractivity contribution >= 4 is 11.9 Å². The molecule has 1 saturated carbocycles. The van der Waals surface area contributed by atoms with Crippen molar-refractivity contribution in [2.75, 3.05) is 13.6 Å². The first-order valence-electron chi connectivity index (χ1n) is 6.90. The van der Waals surface area contributed by atoms with Crippen LogP contribution in [0.4, 0.5) is 0 Å². The first-order chi connectivity index (χ1) is 8.67. The molecule has 1 amide bonds. The minimum atomic E-state index is -0.877. The van der Waals surface area contributed by atoms with Crippen LogP contribution in [0.2, 0.25) is 0 Å². The predicted octanol–water partition coefficient (Wildman–Crippen LogP) is 1.32. The molecular formula is C14H26N2O3. The van der Waals surface area contributed by atoms with Gasteiger partial charge in [-0.1, -0.05) is 20.8 Å². The van der Waals surface area contributed by atoms with Crippen molar-refractivity contribution in [2.24, 2.45) is 23.0 Å². The first kappa shape index (κ1) is 16.0. The second-order valence-electron chi connectivity index (χ2n) is 6.31. The standard InChI is InChI=1S/C14H26N2O3/c1-9-11(15)6-5-10(14(9,2)3)13(19)16(4)8-7-12(17)18/h9-11H,5-8,15H2,1-4H3,(H,17,18). The fourth-order valence-electron chi connectivity index (χ4n) is 2.93. The van der Waals surface area contributed by atoms with Gasteiger partial charge in [0.25, 0.3) is 0 Å². The summed E-state index contributed by atoms with van der Waals surface area (Å²) in [6.07, 6.45) is 1.63. The molecule has 0 aliphatic heterocycles. The Morgan fingerprint density at radius 1 is 1.37 bits per heavy atom. The number of carbonyl (C=O) groups is 2. The lowest BCUT2D eigenvalue weighted by atomic mass is 9.61. The van der Waals surface area contributed by atoms with Gasteiger partial charge in [0.2, 0.25) is 5.91 Å². The van der Waals surface area contributed by atoms with Gasteiger partial charge in [-0.25, -0.2) is 0 Å². The molecule has 0 bridgehead atoms. The summed E-state index contributed by atoms with van der Waals surface area (Å²) >= 11 is 0. The highest BCUT2D eigenvalue weighted by Gasteiger charge is 2.45. The van der Waals surface area contributed by atoms with Gasteiger partial charge >= 0.3 is 5.97 Å². The van der Waals surface area contributed by atoms with Crippen LogP contribution in [0.1, 0.15) is 40.0 Å². The number of carboxylic acid groups (broad SMARTS) is 1.